The van der Waals surface area contributed by atoms with Crippen LogP contribution < -0.4 is 5.32 Å². The number of ether oxygens (including phenoxy) is 1. The largest absolute Gasteiger partial charge is 0.376 e. The summed E-state index contributed by atoms with van der Waals surface area (Å²) in [5.74, 6) is 0.557. The Bertz CT molecular complexity index is 397. The second-order valence-electron chi connectivity index (χ2n) is 4.54. The molecular formula is C13H17Cl2NO. The van der Waals surface area contributed by atoms with E-state index in [1.54, 1.807) is 0 Å². The lowest BCUT2D eigenvalue weighted by atomic mass is 9.92. The van der Waals surface area contributed by atoms with Crippen molar-refractivity contribution < 1.29 is 4.74 Å². The number of halogens is 2. The van der Waals surface area contributed by atoms with Gasteiger partial charge in [-0.1, -0.05) is 36.2 Å². The fourth-order valence-corrected chi connectivity index (χ4v) is 2.68. The molecule has 2 nitrogen and oxygen atoms in total. The Balaban J connectivity index is 2.25. The second-order valence-corrected chi connectivity index (χ2v) is 5.36. The summed E-state index contributed by atoms with van der Waals surface area (Å²) in [4.78, 5) is 0. The lowest BCUT2D eigenvalue weighted by Gasteiger charge is -2.26. The van der Waals surface area contributed by atoms with Gasteiger partial charge >= 0.3 is 0 Å². The Hall–Kier alpha value is -0.280. The Kier molecular flexibility index (Phi) is 4.31. The molecule has 0 aliphatic carbocycles. The van der Waals surface area contributed by atoms with Gasteiger partial charge in [0.2, 0.25) is 0 Å². The van der Waals surface area contributed by atoms with Gasteiger partial charge in [-0.3, -0.25) is 0 Å². The number of rotatable bonds is 3. The monoisotopic (exact) mass is 273 g/mol. The minimum atomic E-state index is 0.169. The number of hydrogen-bond donors (Lipinski definition) is 1. The number of benzene rings is 1. The number of likely N-dealkylation sites (N-methyl/N-ethyl adjacent to an activating group) is 1. The molecule has 0 amide bonds. The van der Waals surface area contributed by atoms with Crippen molar-refractivity contribution in [3.8, 4) is 0 Å². The molecule has 0 radical (unpaired) electrons. The zero-order valence-electron chi connectivity index (χ0n) is 10.0. The van der Waals surface area contributed by atoms with Crippen LogP contribution in [0.4, 0.5) is 0 Å². The third kappa shape index (κ3) is 2.76. The van der Waals surface area contributed by atoms with Crippen LogP contribution in [-0.4, -0.2) is 19.8 Å². The van der Waals surface area contributed by atoms with E-state index in [9.17, 15) is 0 Å². The van der Waals surface area contributed by atoms with Gasteiger partial charge in [0.15, 0.2) is 0 Å². The molecule has 1 saturated heterocycles. The van der Waals surface area contributed by atoms with Gasteiger partial charge in [0, 0.05) is 6.61 Å². The molecule has 0 spiro atoms. The smallest absolute Gasteiger partial charge is 0.0795 e. The number of hydrogen-bond acceptors (Lipinski definition) is 2. The van der Waals surface area contributed by atoms with Crippen LogP contribution >= 0.6 is 23.2 Å². The van der Waals surface area contributed by atoms with E-state index in [-0.39, 0.29) is 12.1 Å². The highest BCUT2D eigenvalue weighted by atomic mass is 35.5. The van der Waals surface area contributed by atoms with Crippen molar-refractivity contribution >= 4 is 23.2 Å². The maximum Gasteiger partial charge on any atom is 0.0795 e. The van der Waals surface area contributed by atoms with Crippen LogP contribution in [-0.2, 0) is 4.74 Å². The van der Waals surface area contributed by atoms with Crippen molar-refractivity contribution in [1.29, 1.82) is 0 Å². The van der Waals surface area contributed by atoms with Gasteiger partial charge in [-0.05, 0) is 37.1 Å². The highest BCUT2D eigenvalue weighted by Crippen LogP contribution is 2.33. The molecule has 1 aromatic carbocycles. The molecule has 0 saturated carbocycles. The Morgan fingerprint density at radius 3 is 2.65 bits per heavy atom. The molecule has 1 N–H and O–H groups in total. The topological polar surface area (TPSA) is 21.3 Å². The molecule has 4 heteroatoms. The molecule has 0 aromatic heterocycles. The first kappa shape index (κ1) is 13.2. The fourth-order valence-electron chi connectivity index (χ4n) is 2.37. The van der Waals surface area contributed by atoms with Gasteiger partial charge in [0.25, 0.3) is 0 Å². The quantitative estimate of drug-likeness (QED) is 0.907. The zero-order valence-corrected chi connectivity index (χ0v) is 11.6. The summed E-state index contributed by atoms with van der Waals surface area (Å²) in [6, 6.07) is 5.93. The predicted molar refractivity (Wildman–Crippen MR) is 71.8 cm³/mol. The molecule has 1 aromatic rings. The summed E-state index contributed by atoms with van der Waals surface area (Å²) < 4.78 is 5.80. The highest BCUT2D eigenvalue weighted by Gasteiger charge is 2.32. The molecule has 94 valence electrons. The molecule has 1 fully saturated rings. The molecule has 3 unspecified atom stereocenters. The average Bonchev–Trinajstić information content (AvgIpc) is 2.71. The molecule has 17 heavy (non-hydrogen) atoms. The van der Waals surface area contributed by atoms with Crippen LogP contribution in [0.3, 0.4) is 0 Å². The molecular weight excluding hydrogens is 257 g/mol. The third-order valence-electron chi connectivity index (χ3n) is 3.39. The van der Waals surface area contributed by atoms with E-state index in [0.717, 1.165) is 18.6 Å². The van der Waals surface area contributed by atoms with E-state index in [1.807, 2.05) is 25.2 Å². The second kappa shape index (κ2) is 5.57. The van der Waals surface area contributed by atoms with E-state index in [0.29, 0.717) is 16.0 Å². The highest BCUT2D eigenvalue weighted by molar-refractivity contribution is 6.42. The lowest BCUT2D eigenvalue weighted by molar-refractivity contribution is 0.0631. The first-order valence-corrected chi connectivity index (χ1v) is 6.63. The lowest BCUT2D eigenvalue weighted by Crippen LogP contribution is -2.32. The van der Waals surface area contributed by atoms with Crippen LogP contribution in [0.2, 0.25) is 10.0 Å². The SMILES string of the molecule is CNC(c1ccc(Cl)c(Cl)c1)C1OCCC1C. The van der Waals surface area contributed by atoms with E-state index < -0.39 is 0 Å². The maximum absolute atomic E-state index is 6.06. The van der Waals surface area contributed by atoms with Gasteiger partial charge in [-0.15, -0.1) is 0 Å². The molecule has 2 rings (SSSR count). The molecule has 1 heterocycles. The van der Waals surface area contributed by atoms with Gasteiger partial charge in [0.1, 0.15) is 0 Å². The van der Waals surface area contributed by atoms with E-state index in [2.05, 4.69) is 12.2 Å². The van der Waals surface area contributed by atoms with Crippen molar-refractivity contribution in [2.24, 2.45) is 5.92 Å². The summed E-state index contributed by atoms with van der Waals surface area (Å²) in [5, 5.41) is 4.49. The van der Waals surface area contributed by atoms with Gasteiger partial charge in [0.05, 0.1) is 22.2 Å². The summed E-state index contributed by atoms with van der Waals surface area (Å²) >= 11 is 12.0. The van der Waals surface area contributed by atoms with Crippen molar-refractivity contribution in [3.05, 3.63) is 33.8 Å². The van der Waals surface area contributed by atoms with Crippen molar-refractivity contribution in [1.82, 2.24) is 5.32 Å². The Labute approximate surface area is 112 Å². The molecule has 1 aliphatic rings. The summed E-state index contributed by atoms with van der Waals surface area (Å²) in [6.45, 7) is 3.06. The van der Waals surface area contributed by atoms with Gasteiger partial charge < -0.3 is 10.1 Å². The molecule has 0 bridgehead atoms. The predicted octanol–water partition coefficient (Wildman–Crippen LogP) is 3.68. The summed E-state index contributed by atoms with van der Waals surface area (Å²) in [7, 11) is 1.95. The van der Waals surface area contributed by atoms with Crippen LogP contribution in [0.5, 0.6) is 0 Å². The van der Waals surface area contributed by atoms with E-state index >= 15 is 0 Å². The Morgan fingerprint density at radius 1 is 1.35 bits per heavy atom. The Morgan fingerprint density at radius 2 is 2.12 bits per heavy atom. The zero-order chi connectivity index (χ0) is 12.4. The average molecular weight is 274 g/mol. The van der Waals surface area contributed by atoms with Gasteiger partial charge in [-0.2, -0.15) is 0 Å². The van der Waals surface area contributed by atoms with Crippen LogP contribution in [0.1, 0.15) is 24.9 Å². The van der Waals surface area contributed by atoms with Gasteiger partial charge in [-0.25, -0.2) is 0 Å². The minimum absolute atomic E-state index is 0.169. The van der Waals surface area contributed by atoms with E-state index in [4.69, 9.17) is 27.9 Å². The van der Waals surface area contributed by atoms with Crippen molar-refractivity contribution in [2.45, 2.75) is 25.5 Å². The summed E-state index contributed by atoms with van der Waals surface area (Å²) in [6.07, 6.45) is 1.32. The van der Waals surface area contributed by atoms with Crippen molar-refractivity contribution in [2.75, 3.05) is 13.7 Å². The van der Waals surface area contributed by atoms with Crippen LogP contribution in [0, 0.1) is 5.92 Å². The number of nitrogens with one attached hydrogen (secondary N) is 1. The van der Waals surface area contributed by atoms with E-state index in [1.165, 1.54) is 0 Å². The first-order chi connectivity index (χ1) is 8.13. The third-order valence-corrected chi connectivity index (χ3v) is 4.13. The van der Waals surface area contributed by atoms with Crippen LogP contribution in [0.25, 0.3) is 0 Å². The minimum Gasteiger partial charge on any atom is -0.376 e. The first-order valence-electron chi connectivity index (χ1n) is 5.87. The summed E-state index contributed by atoms with van der Waals surface area (Å²) in [5.41, 5.74) is 1.13. The maximum atomic E-state index is 6.06. The molecule has 3 atom stereocenters. The standard InChI is InChI=1S/C13H17Cl2NO/c1-8-5-6-17-13(8)12(16-2)9-3-4-10(14)11(15)7-9/h3-4,7-8,12-13,16H,5-6H2,1-2H3. The van der Waals surface area contributed by atoms with Crippen molar-refractivity contribution in [3.63, 3.8) is 0 Å². The normalized spacial score (nSPS) is 26.1. The molecule has 1 aliphatic heterocycles. The van der Waals surface area contributed by atoms with Crippen LogP contribution in [0.15, 0.2) is 18.2 Å². The fraction of sp³-hybridized carbons (Fsp3) is 0.538.